The van der Waals surface area contributed by atoms with E-state index in [0.717, 1.165) is 25.2 Å². The topological polar surface area (TPSA) is 53.6 Å². The van der Waals surface area contributed by atoms with Gasteiger partial charge in [0.05, 0.1) is 0 Å². The third-order valence-corrected chi connectivity index (χ3v) is 4.02. The van der Waals surface area contributed by atoms with Crippen LogP contribution in [0.3, 0.4) is 0 Å². The van der Waals surface area contributed by atoms with Gasteiger partial charge in [-0.25, -0.2) is 9.18 Å². The number of carbonyl (C=O) groups excluding carboxylic acids is 1. The third-order valence-electron chi connectivity index (χ3n) is 4.02. The van der Waals surface area contributed by atoms with Crippen LogP contribution in [-0.4, -0.2) is 37.1 Å². The Kier molecular flexibility index (Phi) is 7.89. The van der Waals surface area contributed by atoms with Gasteiger partial charge in [-0.3, -0.25) is 0 Å². The molecule has 26 heavy (non-hydrogen) atoms. The number of carbonyl (C=O) groups is 1. The first-order chi connectivity index (χ1) is 12.6. The summed E-state index contributed by atoms with van der Waals surface area (Å²) in [6.07, 6.45) is 0. The van der Waals surface area contributed by atoms with E-state index in [-0.39, 0.29) is 11.8 Å². The number of halogens is 1. The molecule has 0 aromatic heterocycles. The van der Waals surface area contributed by atoms with Crippen LogP contribution in [0.1, 0.15) is 19.4 Å². The molecule has 5 nitrogen and oxygen atoms in total. The number of likely N-dealkylation sites (N-methyl/N-ethyl adjacent to an activating group) is 1. The van der Waals surface area contributed by atoms with E-state index < -0.39 is 0 Å². The minimum Gasteiger partial charge on any atom is -0.489 e. The van der Waals surface area contributed by atoms with Crippen LogP contribution < -0.4 is 15.4 Å². The van der Waals surface area contributed by atoms with Crippen molar-refractivity contribution in [3.8, 4) is 5.75 Å². The monoisotopic (exact) mass is 359 g/mol. The SMILES string of the molecule is CCN(CC)CCNC(=O)Nc1cccc(OCc2ccc(F)cc2)c1. The maximum atomic E-state index is 12.9. The molecular weight excluding hydrogens is 333 g/mol. The van der Waals surface area contributed by atoms with E-state index in [9.17, 15) is 9.18 Å². The number of benzene rings is 2. The minimum absolute atomic E-state index is 0.243. The largest absolute Gasteiger partial charge is 0.489 e. The number of nitrogens with zero attached hydrogens (tertiary/aromatic N) is 1. The van der Waals surface area contributed by atoms with Gasteiger partial charge in [0, 0.05) is 24.8 Å². The standard InChI is InChI=1S/C20H26FN3O2/c1-3-24(4-2)13-12-22-20(25)23-18-6-5-7-19(14-18)26-15-16-8-10-17(21)11-9-16/h5-11,14H,3-4,12-13,15H2,1-2H3,(H2,22,23,25). The molecule has 2 amide bonds. The summed E-state index contributed by atoms with van der Waals surface area (Å²) in [5.74, 6) is 0.363. The Morgan fingerprint density at radius 1 is 1.12 bits per heavy atom. The molecular formula is C20H26FN3O2. The van der Waals surface area contributed by atoms with Crippen LogP contribution >= 0.6 is 0 Å². The predicted octanol–water partition coefficient (Wildman–Crippen LogP) is 3.87. The number of rotatable bonds is 9. The van der Waals surface area contributed by atoms with Crippen LogP contribution in [-0.2, 0) is 6.61 Å². The zero-order valence-electron chi connectivity index (χ0n) is 15.3. The van der Waals surface area contributed by atoms with Crippen molar-refractivity contribution in [3.05, 3.63) is 59.9 Å². The first kappa shape index (κ1) is 19.7. The Balaban J connectivity index is 1.80. The van der Waals surface area contributed by atoms with E-state index in [4.69, 9.17) is 4.74 Å². The summed E-state index contributed by atoms with van der Waals surface area (Å²) >= 11 is 0. The number of hydrogen-bond acceptors (Lipinski definition) is 3. The number of hydrogen-bond donors (Lipinski definition) is 2. The Hall–Kier alpha value is -2.60. The van der Waals surface area contributed by atoms with Crippen LogP contribution in [0.15, 0.2) is 48.5 Å². The molecule has 2 N–H and O–H groups in total. The average molecular weight is 359 g/mol. The number of ether oxygens (including phenoxy) is 1. The van der Waals surface area contributed by atoms with E-state index in [2.05, 4.69) is 29.4 Å². The molecule has 0 saturated carbocycles. The highest BCUT2D eigenvalue weighted by Gasteiger charge is 2.04. The molecule has 6 heteroatoms. The Morgan fingerprint density at radius 3 is 2.54 bits per heavy atom. The number of amides is 2. The molecule has 0 atom stereocenters. The highest BCUT2D eigenvalue weighted by molar-refractivity contribution is 5.89. The summed E-state index contributed by atoms with van der Waals surface area (Å²) in [6.45, 7) is 7.87. The van der Waals surface area contributed by atoms with Gasteiger partial charge in [0.2, 0.25) is 0 Å². The molecule has 0 saturated heterocycles. The third kappa shape index (κ3) is 6.72. The number of anilines is 1. The molecule has 0 aliphatic rings. The average Bonchev–Trinajstić information content (AvgIpc) is 2.65. The molecule has 0 unspecified atom stereocenters. The fraction of sp³-hybridized carbons (Fsp3) is 0.350. The van der Waals surface area contributed by atoms with E-state index in [0.29, 0.717) is 24.6 Å². The predicted molar refractivity (Wildman–Crippen MR) is 102 cm³/mol. The van der Waals surface area contributed by atoms with Crippen molar-refractivity contribution >= 4 is 11.7 Å². The summed E-state index contributed by atoms with van der Waals surface area (Å²) < 4.78 is 18.6. The molecule has 2 rings (SSSR count). The summed E-state index contributed by atoms with van der Waals surface area (Å²) in [7, 11) is 0. The highest BCUT2D eigenvalue weighted by atomic mass is 19.1. The lowest BCUT2D eigenvalue weighted by atomic mass is 10.2. The van der Waals surface area contributed by atoms with Gasteiger partial charge in [0.1, 0.15) is 18.2 Å². The van der Waals surface area contributed by atoms with Gasteiger partial charge in [0.15, 0.2) is 0 Å². The van der Waals surface area contributed by atoms with Crippen LogP contribution in [0.5, 0.6) is 5.75 Å². The van der Waals surface area contributed by atoms with Gasteiger partial charge in [-0.15, -0.1) is 0 Å². The van der Waals surface area contributed by atoms with Crippen LogP contribution in [0.4, 0.5) is 14.9 Å². The summed E-state index contributed by atoms with van der Waals surface area (Å²) in [5.41, 5.74) is 1.53. The molecule has 0 aliphatic carbocycles. The van der Waals surface area contributed by atoms with Crippen molar-refractivity contribution < 1.29 is 13.9 Å². The Morgan fingerprint density at radius 2 is 1.85 bits per heavy atom. The van der Waals surface area contributed by atoms with E-state index in [1.54, 1.807) is 24.3 Å². The molecule has 2 aromatic rings. The van der Waals surface area contributed by atoms with Crippen molar-refractivity contribution in [2.24, 2.45) is 0 Å². The van der Waals surface area contributed by atoms with E-state index >= 15 is 0 Å². The number of nitrogens with one attached hydrogen (secondary N) is 2. The van der Waals surface area contributed by atoms with Gasteiger partial charge in [-0.1, -0.05) is 32.0 Å². The quantitative estimate of drug-likeness (QED) is 0.715. The van der Waals surface area contributed by atoms with Gasteiger partial charge in [-0.05, 0) is 42.9 Å². The zero-order chi connectivity index (χ0) is 18.8. The van der Waals surface area contributed by atoms with Crippen molar-refractivity contribution in [2.45, 2.75) is 20.5 Å². The van der Waals surface area contributed by atoms with Crippen molar-refractivity contribution in [1.82, 2.24) is 10.2 Å². The molecule has 0 bridgehead atoms. The van der Waals surface area contributed by atoms with Crippen LogP contribution in [0.25, 0.3) is 0 Å². The maximum absolute atomic E-state index is 12.9. The fourth-order valence-corrected chi connectivity index (χ4v) is 2.45. The molecule has 0 heterocycles. The molecule has 0 spiro atoms. The number of urea groups is 1. The second-order valence-corrected chi connectivity index (χ2v) is 5.85. The van der Waals surface area contributed by atoms with E-state index in [1.807, 2.05) is 12.1 Å². The van der Waals surface area contributed by atoms with E-state index in [1.165, 1.54) is 12.1 Å². The second kappa shape index (κ2) is 10.4. The second-order valence-electron chi connectivity index (χ2n) is 5.85. The lowest BCUT2D eigenvalue weighted by molar-refractivity contribution is 0.248. The first-order valence-electron chi connectivity index (χ1n) is 8.85. The molecule has 0 aliphatic heterocycles. The first-order valence-corrected chi connectivity index (χ1v) is 8.85. The molecule has 0 fully saturated rings. The molecule has 140 valence electrons. The zero-order valence-corrected chi connectivity index (χ0v) is 15.3. The van der Waals surface area contributed by atoms with Gasteiger partial charge in [0.25, 0.3) is 0 Å². The summed E-state index contributed by atoms with van der Waals surface area (Å²) in [4.78, 5) is 14.2. The van der Waals surface area contributed by atoms with Gasteiger partial charge < -0.3 is 20.3 Å². The fourth-order valence-electron chi connectivity index (χ4n) is 2.45. The maximum Gasteiger partial charge on any atom is 0.319 e. The Bertz CT molecular complexity index is 688. The molecule has 0 radical (unpaired) electrons. The van der Waals surface area contributed by atoms with Crippen LogP contribution in [0.2, 0.25) is 0 Å². The Labute approximate surface area is 154 Å². The van der Waals surface area contributed by atoms with Crippen LogP contribution in [0, 0.1) is 5.82 Å². The normalized spacial score (nSPS) is 10.6. The smallest absolute Gasteiger partial charge is 0.319 e. The summed E-state index contributed by atoms with van der Waals surface area (Å²) in [6, 6.07) is 13.1. The molecule has 2 aromatic carbocycles. The van der Waals surface area contributed by atoms with Gasteiger partial charge >= 0.3 is 6.03 Å². The van der Waals surface area contributed by atoms with Crippen molar-refractivity contribution in [2.75, 3.05) is 31.5 Å². The highest BCUT2D eigenvalue weighted by Crippen LogP contribution is 2.18. The summed E-state index contributed by atoms with van der Waals surface area (Å²) in [5, 5.41) is 5.64. The van der Waals surface area contributed by atoms with Crippen molar-refractivity contribution in [3.63, 3.8) is 0 Å². The lowest BCUT2D eigenvalue weighted by Crippen LogP contribution is -2.36. The van der Waals surface area contributed by atoms with Crippen molar-refractivity contribution in [1.29, 1.82) is 0 Å². The van der Waals surface area contributed by atoms with Gasteiger partial charge in [-0.2, -0.15) is 0 Å². The minimum atomic E-state index is -0.271. The lowest BCUT2D eigenvalue weighted by Gasteiger charge is -2.18.